The predicted octanol–water partition coefficient (Wildman–Crippen LogP) is 3.06. The summed E-state index contributed by atoms with van der Waals surface area (Å²) in [5.74, 6) is 0. The molecule has 0 aliphatic heterocycles. The maximum absolute atomic E-state index is 5.47. The van der Waals surface area contributed by atoms with E-state index in [9.17, 15) is 0 Å². The first kappa shape index (κ1) is 14.7. The summed E-state index contributed by atoms with van der Waals surface area (Å²) >= 11 is 3.52. The quantitative estimate of drug-likeness (QED) is 0.759. The SMILES string of the molecule is CC(C)(CNCCCCN)c1cccc(Br)c1. The van der Waals surface area contributed by atoms with Crippen LogP contribution in [0.15, 0.2) is 28.7 Å². The third kappa shape index (κ3) is 5.19. The molecule has 0 fully saturated rings. The Bertz CT molecular complexity index is 337. The van der Waals surface area contributed by atoms with Gasteiger partial charge in [-0.3, -0.25) is 0 Å². The molecule has 0 atom stereocenters. The van der Waals surface area contributed by atoms with Crippen LogP contribution in [-0.2, 0) is 5.41 Å². The van der Waals surface area contributed by atoms with E-state index in [0.29, 0.717) is 0 Å². The molecular weight excluding hydrogens is 276 g/mol. The Kier molecular flexibility index (Phi) is 6.17. The second-order valence-corrected chi connectivity index (χ2v) is 5.98. The van der Waals surface area contributed by atoms with Crippen LogP contribution in [0.4, 0.5) is 0 Å². The second-order valence-electron chi connectivity index (χ2n) is 5.07. The number of halogens is 1. The number of benzene rings is 1. The summed E-state index contributed by atoms with van der Waals surface area (Å²) in [7, 11) is 0. The van der Waals surface area contributed by atoms with Gasteiger partial charge in [-0.05, 0) is 43.6 Å². The molecule has 0 aromatic heterocycles. The first-order chi connectivity index (χ1) is 8.06. The van der Waals surface area contributed by atoms with Gasteiger partial charge in [0, 0.05) is 16.4 Å². The highest BCUT2D eigenvalue weighted by atomic mass is 79.9. The monoisotopic (exact) mass is 298 g/mol. The van der Waals surface area contributed by atoms with Crippen molar-refractivity contribution in [2.24, 2.45) is 5.73 Å². The molecule has 1 aromatic rings. The first-order valence-electron chi connectivity index (χ1n) is 6.23. The number of hydrogen-bond acceptors (Lipinski definition) is 2. The third-order valence-electron chi connectivity index (χ3n) is 2.98. The summed E-state index contributed by atoms with van der Waals surface area (Å²) in [6.45, 7) is 7.37. The minimum atomic E-state index is 0.159. The number of nitrogens with two attached hydrogens (primary N) is 1. The van der Waals surface area contributed by atoms with Gasteiger partial charge in [0.05, 0.1) is 0 Å². The fourth-order valence-electron chi connectivity index (χ4n) is 1.81. The highest BCUT2D eigenvalue weighted by Gasteiger charge is 2.19. The zero-order valence-corrected chi connectivity index (χ0v) is 12.4. The van der Waals surface area contributed by atoms with Gasteiger partial charge in [-0.1, -0.05) is 41.9 Å². The maximum Gasteiger partial charge on any atom is 0.0178 e. The summed E-state index contributed by atoms with van der Waals surface area (Å²) in [5.41, 5.74) is 6.99. The van der Waals surface area contributed by atoms with Gasteiger partial charge in [0.1, 0.15) is 0 Å². The number of unbranched alkanes of at least 4 members (excludes halogenated alkanes) is 1. The van der Waals surface area contributed by atoms with Gasteiger partial charge < -0.3 is 11.1 Å². The van der Waals surface area contributed by atoms with Crippen LogP contribution < -0.4 is 11.1 Å². The average molecular weight is 299 g/mol. The van der Waals surface area contributed by atoms with Gasteiger partial charge in [-0.2, -0.15) is 0 Å². The summed E-state index contributed by atoms with van der Waals surface area (Å²) in [6.07, 6.45) is 2.26. The molecule has 96 valence electrons. The molecule has 0 unspecified atom stereocenters. The summed E-state index contributed by atoms with van der Waals surface area (Å²) in [4.78, 5) is 0. The van der Waals surface area contributed by atoms with Crippen molar-refractivity contribution in [3.05, 3.63) is 34.3 Å². The van der Waals surface area contributed by atoms with E-state index in [1.807, 2.05) is 0 Å². The largest absolute Gasteiger partial charge is 0.330 e. The Morgan fingerprint density at radius 3 is 2.71 bits per heavy atom. The molecule has 0 aliphatic carbocycles. The molecule has 0 aliphatic rings. The van der Waals surface area contributed by atoms with Crippen LogP contribution in [0.5, 0.6) is 0 Å². The Morgan fingerprint density at radius 1 is 1.29 bits per heavy atom. The second kappa shape index (κ2) is 7.14. The standard InChI is InChI=1S/C14H23BrN2/c1-14(2,11-17-9-4-3-8-16)12-6-5-7-13(15)10-12/h5-7,10,17H,3-4,8-9,11,16H2,1-2H3. The van der Waals surface area contributed by atoms with Crippen molar-refractivity contribution in [3.8, 4) is 0 Å². The van der Waals surface area contributed by atoms with Crippen molar-refractivity contribution in [1.29, 1.82) is 0 Å². The van der Waals surface area contributed by atoms with Gasteiger partial charge in [0.2, 0.25) is 0 Å². The molecule has 3 N–H and O–H groups in total. The van der Waals surface area contributed by atoms with E-state index in [1.54, 1.807) is 0 Å². The van der Waals surface area contributed by atoms with E-state index in [1.165, 1.54) is 5.56 Å². The molecule has 0 heterocycles. The molecule has 1 aromatic carbocycles. The van der Waals surface area contributed by atoms with E-state index < -0.39 is 0 Å². The van der Waals surface area contributed by atoms with Crippen LogP contribution in [0.2, 0.25) is 0 Å². The van der Waals surface area contributed by atoms with E-state index in [2.05, 4.69) is 59.4 Å². The van der Waals surface area contributed by atoms with Crippen LogP contribution in [0.25, 0.3) is 0 Å². The van der Waals surface area contributed by atoms with Crippen molar-refractivity contribution in [2.75, 3.05) is 19.6 Å². The smallest absolute Gasteiger partial charge is 0.0178 e. The normalized spacial score (nSPS) is 11.8. The highest BCUT2D eigenvalue weighted by molar-refractivity contribution is 9.10. The Hall–Kier alpha value is -0.380. The molecule has 2 nitrogen and oxygen atoms in total. The molecule has 0 saturated heterocycles. The number of nitrogens with one attached hydrogen (secondary N) is 1. The molecule has 17 heavy (non-hydrogen) atoms. The van der Waals surface area contributed by atoms with Crippen LogP contribution >= 0.6 is 15.9 Å². The Labute approximate surface area is 113 Å². The topological polar surface area (TPSA) is 38.0 Å². The lowest BCUT2D eigenvalue weighted by Gasteiger charge is -2.26. The maximum atomic E-state index is 5.47. The van der Waals surface area contributed by atoms with Crippen molar-refractivity contribution >= 4 is 15.9 Å². The average Bonchev–Trinajstić information content (AvgIpc) is 2.29. The van der Waals surface area contributed by atoms with Gasteiger partial charge >= 0.3 is 0 Å². The van der Waals surface area contributed by atoms with Crippen LogP contribution in [0.3, 0.4) is 0 Å². The lowest BCUT2D eigenvalue weighted by atomic mass is 9.84. The fourth-order valence-corrected chi connectivity index (χ4v) is 2.21. The minimum absolute atomic E-state index is 0.159. The van der Waals surface area contributed by atoms with E-state index in [0.717, 1.165) is 36.9 Å². The molecule has 0 saturated carbocycles. The van der Waals surface area contributed by atoms with E-state index in [4.69, 9.17) is 5.73 Å². The molecule has 3 heteroatoms. The van der Waals surface area contributed by atoms with Gasteiger partial charge in [0.15, 0.2) is 0 Å². The van der Waals surface area contributed by atoms with Crippen LogP contribution in [0, 0.1) is 0 Å². The van der Waals surface area contributed by atoms with Crippen LogP contribution in [0.1, 0.15) is 32.3 Å². The van der Waals surface area contributed by atoms with E-state index in [-0.39, 0.29) is 5.41 Å². The molecule has 1 rings (SSSR count). The minimum Gasteiger partial charge on any atom is -0.330 e. The van der Waals surface area contributed by atoms with Crippen molar-refractivity contribution in [3.63, 3.8) is 0 Å². The van der Waals surface area contributed by atoms with E-state index >= 15 is 0 Å². The summed E-state index contributed by atoms with van der Waals surface area (Å²) in [5, 5.41) is 3.51. The molecule has 0 spiro atoms. The zero-order valence-electron chi connectivity index (χ0n) is 10.8. The molecule has 0 amide bonds. The molecule has 0 radical (unpaired) electrons. The fraction of sp³-hybridized carbons (Fsp3) is 0.571. The summed E-state index contributed by atoms with van der Waals surface area (Å²) < 4.78 is 1.14. The first-order valence-corrected chi connectivity index (χ1v) is 7.02. The van der Waals surface area contributed by atoms with Crippen LogP contribution in [-0.4, -0.2) is 19.6 Å². The van der Waals surface area contributed by atoms with Crippen molar-refractivity contribution in [1.82, 2.24) is 5.32 Å². The van der Waals surface area contributed by atoms with Crippen molar-refractivity contribution < 1.29 is 0 Å². The predicted molar refractivity (Wildman–Crippen MR) is 78.3 cm³/mol. The highest BCUT2D eigenvalue weighted by Crippen LogP contribution is 2.24. The number of rotatable bonds is 7. The third-order valence-corrected chi connectivity index (χ3v) is 3.47. The lowest BCUT2D eigenvalue weighted by Crippen LogP contribution is -2.33. The Morgan fingerprint density at radius 2 is 2.06 bits per heavy atom. The zero-order chi connectivity index (χ0) is 12.7. The van der Waals surface area contributed by atoms with Crippen molar-refractivity contribution in [2.45, 2.75) is 32.1 Å². The van der Waals surface area contributed by atoms with Gasteiger partial charge in [-0.15, -0.1) is 0 Å². The lowest BCUT2D eigenvalue weighted by molar-refractivity contribution is 0.464. The molecular formula is C14H23BrN2. The number of hydrogen-bond donors (Lipinski definition) is 2. The van der Waals surface area contributed by atoms with Gasteiger partial charge in [-0.25, -0.2) is 0 Å². The summed E-state index contributed by atoms with van der Waals surface area (Å²) in [6, 6.07) is 8.54. The Balaban J connectivity index is 2.45. The molecule has 0 bridgehead atoms. The van der Waals surface area contributed by atoms with Gasteiger partial charge in [0.25, 0.3) is 0 Å².